The Morgan fingerprint density at radius 1 is 0.696 bits per heavy atom. The molecule has 1 heterocycles. The van der Waals surface area contributed by atoms with E-state index in [-0.39, 0.29) is 5.78 Å². The highest BCUT2D eigenvalue weighted by molar-refractivity contribution is 6.02. The number of rotatable bonds is 0. The lowest BCUT2D eigenvalue weighted by atomic mass is 9.82. The third kappa shape index (κ3) is 1.55. The number of carbonyl (C=O) groups is 1. The normalized spacial score (nSPS) is 16.4. The molecule has 0 bridgehead atoms. The van der Waals surface area contributed by atoms with Crippen LogP contribution in [0.4, 0.5) is 0 Å². The Kier molecular flexibility index (Phi) is 2.38. The number of carbonyl (C=O) groups excluding carboxylic acids is 1. The van der Waals surface area contributed by atoms with Crippen LogP contribution in [0.25, 0.3) is 11.1 Å². The Morgan fingerprint density at radius 3 is 1.87 bits per heavy atom. The Morgan fingerprint density at radius 2 is 1.22 bits per heavy atom. The summed E-state index contributed by atoms with van der Waals surface area (Å²) in [7, 11) is 0. The highest BCUT2D eigenvalue weighted by Crippen LogP contribution is 2.53. The van der Waals surface area contributed by atoms with Gasteiger partial charge in [-0.15, -0.1) is 0 Å². The lowest BCUT2D eigenvalue weighted by Crippen LogP contribution is -2.38. The lowest BCUT2D eigenvalue weighted by molar-refractivity contribution is 0.0637. The quantitative estimate of drug-likeness (QED) is 0.607. The van der Waals surface area contributed by atoms with E-state index in [0.717, 1.165) is 22.3 Å². The predicted octanol–water partition coefficient (Wildman–Crippen LogP) is 4.58. The van der Waals surface area contributed by atoms with Crippen LogP contribution in [0.15, 0.2) is 72.8 Å². The molecule has 2 heteroatoms. The molecule has 23 heavy (non-hydrogen) atoms. The van der Waals surface area contributed by atoms with Gasteiger partial charge in [-0.25, -0.2) is 0 Å². The predicted molar refractivity (Wildman–Crippen MR) is 88.7 cm³/mol. The van der Waals surface area contributed by atoms with Crippen LogP contribution in [0.2, 0.25) is 0 Å². The zero-order valence-electron chi connectivity index (χ0n) is 12.5. The standard InChI is InChI=1S/C21H14O2/c22-19-13-21(23-20-12-6-3-9-16(19)20)17-10-4-1-7-14(17)15-8-2-5-11-18(15)21/h1-12H,13H2. The third-order valence-corrected chi connectivity index (χ3v) is 4.90. The number of fused-ring (bicyclic) bond motifs is 6. The molecule has 1 aliphatic heterocycles. The Bertz CT molecular complexity index is 910. The fraction of sp³-hybridized carbons (Fsp3) is 0.0952. The molecule has 1 aliphatic carbocycles. The highest BCUT2D eigenvalue weighted by atomic mass is 16.5. The molecule has 110 valence electrons. The summed E-state index contributed by atoms with van der Waals surface area (Å²) >= 11 is 0. The van der Waals surface area contributed by atoms with Crippen molar-refractivity contribution in [3.63, 3.8) is 0 Å². The molecule has 0 N–H and O–H groups in total. The van der Waals surface area contributed by atoms with Gasteiger partial charge in [0.15, 0.2) is 11.4 Å². The topological polar surface area (TPSA) is 26.3 Å². The zero-order valence-corrected chi connectivity index (χ0v) is 12.5. The van der Waals surface area contributed by atoms with E-state index in [2.05, 4.69) is 24.3 Å². The molecule has 2 nitrogen and oxygen atoms in total. The van der Waals surface area contributed by atoms with Crippen LogP contribution in [0.1, 0.15) is 27.9 Å². The van der Waals surface area contributed by atoms with Crippen molar-refractivity contribution in [1.82, 2.24) is 0 Å². The average Bonchev–Trinajstić information content (AvgIpc) is 2.86. The molecule has 3 aromatic rings. The Labute approximate surface area is 134 Å². The molecular weight excluding hydrogens is 284 g/mol. The van der Waals surface area contributed by atoms with Gasteiger partial charge < -0.3 is 4.74 Å². The summed E-state index contributed by atoms with van der Waals surface area (Å²) in [6.45, 7) is 0. The minimum atomic E-state index is -0.696. The second-order valence-corrected chi connectivity index (χ2v) is 6.12. The average molecular weight is 298 g/mol. The van der Waals surface area contributed by atoms with E-state index in [9.17, 15) is 4.79 Å². The molecule has 0 radical (unpaired) electrons. The minimum absolute atomic E-state index is 0.137. The number of ether oxygens (including phenoxy) is 1. The van der Waals surface area contributed by atoms with E-state index in [1.807, 2.05) is 48.5 Å². The molecule has 0 saturated carbocycles. The number of hydrogen-bond acceptors (Lipinski definition) is 2. The maximum Gasteiger partial charge on any atom is 0.171 e. The summed E-state index contributed by atoms with van der Waals surface area (Å²) in [5.41, 5.74) is 4.48. The lowest BCUT2D eigenvalue weighted by Gasteiger charge is -2.36. The summed E-state index contributed by atoms with van der Waals surface area (Å²) in [4.78, 5) is 12.8. The summed E-state index contributed by atoms with van der Waals surface area (Å²) in [5.74, 6) is 0.814. The summed E-state index contributed by atoms with van der Waals surface area (Å²) < 4.78 is 6.48. The smallest absolute Gasteiger partial charge is 0.171 e. The fourth-order valence-electron chi connectivity index (χ4n) is 3.92. The fourth-order valence-corrected chi connectivity index (χ4v) is 3.92. The first-order valence-electron chi connectivity index (χ1n) is 7.80. The Balaban J connectivity index is 1.82. The molecule has 1 spiro atoms. The molecule has 0 saturated heterocycles. The number of benzene rings is 3. The third-order valence-electron chi connectivity index (χ3n) is 4.90. The van der Waals surface area contributed by atoms with Gasteiger partial charge in [-0.3, -0.25) is 4.79 Å². The second kappa shape index (κ2) is 4.32. The van der Waals surface area contributed by atoms with E-state index < -0.39 is 5.60 Å². The molecule has 2 aliphatic rings. The maximum absolute atomic E-state index is 12.8. The van der Waals surface area contributed by atoms with E-state index in [1.165, 1.54) is 0 Å². The van der Waals surface area contributed by atoms with Crippen molar-refractivity contribution in [1.29, 1.82) is 0 Å². The molecule has 0 unspecified atom stereocenters. The molecule has 5 rings (SSSR count). The van der Waals surface area contributed by atoms with E-state index in [0.29, 0.717) is 17.7 Å². The van der Waals surface area contributed by atoms with Gasteiger partial charge in [0.1, 0.15) is 5.75 Å². The first-order valence-corrected chi connectivity index (χ1v) is 7.80. The summed E-state index contributed by atoms with van der Waals surface area (Å²) in [5, 5.41) is 0. The summed E-state index contributed by atoms with van der Waals surface area (Å²) in [6, 6.07) is 24.0. The minimum Gasteiger partial charge on any atom is -0.477 e. The van der Waals surface area contributed by atoms with Crippen LogP contribution >= 0.6 is 0 Å². The van der Waals surface area contributed by atoms with Crippen molar-refractivity contribution in [3.05, 3.63) is 89.5 Å². The van der Waals surface area contributed by atoms with Crippen LogP contribution in [0.5, 0.6) is 5.75 Å². The number of ketones is 1. The second-order valence-electron chi connectivity index (χ2n) is 6.12. The van der Waals surface area contributed by atoms with Gasteiger partial charge in [-0.05, 0) is 23.3 Å². The van der Waals surface area contributed by atoms with Crippen molar-refractivity contribution in [3.8, 4) is 16.9 Å². The van der Waals surface area contributed by atoms with Crippen molar-refractivity contribution < 1.29 is 9.53 Å². The molecule has 0 fully saturated rings. The molecule has 0 aromatic heterocycles. The largest absolute Gasteiger partial charge is 0.477 e. The van der Waals surface area contributed by atoms with Gasteiger partial charge >= 0.3 is 0 Å². The monoisotopic (exact) mass is 298 g/mol. The molecular formula is C21H14O2. The number of hydrogen-bond donors (Lipinski definition) is 0. The van der Waals surface area contributed by atoms with Gasteiger partial charge in [0, 0.05) is 11.1 Å². The summed E-state index contributed by atoms with van der Waals surface area (Å²) in [6.07, 6.45) is 0.345. The van der Waals surface area contributed by atoms with Crippen LogP contribution in [-0.2, 0) is 5.60 Å². The van der Waals surface area contributed by atoms with Crippen LogP contribution in [-0.4, -0.2) is 5.78 Å². The van der Waals surface area contributed by atoms with E-state index in [1.54, 1.807) is 0 Å². The zero-order chi connectivity index (χ0) is 15.4. The van der Waals surface area contributed by atoms with Gasteiger partial charge in [-0.1, -0.05) is 60.7 Å². The van der Waals surface area contributed by atoms with E-state index >= 15 is 0 Å². The highest BCUT2D eigenvalue weighted by Gasteiger charge is 2.49. The van der Waals surface area contributed by atoms with E-state index in [4.69, 9.17) is 4.74 Å². The van der Waals surface area contributed by atoms with Gasteiger partial charge in [0.25, 0.3) is 0 Å². The van der Waals surface area contributed by atoms with Gasteiger partial charge in [-0.2, -0.15) is 0 Å². The number of para-hydroxylation sites is 1. The van der Waals surface area contributed by atoms with Crippen LogP contribution in [0.3, 0.4) is 0 Å². The molecule has 0 atom stereocenters. The van der Waals surface area contributed by atoms with Crippen LogP contribution < -0.4 is 4.74 Å². The van der Waals surface area contributed by atoms with Crippen LogP contribution in [0, 0.1) is 0 Å². The Hall–Kier alpha value is -2.87. The molecule has 0 amide bonds. The SMILES string of the molecule is O=C1CC2(Oc3ccccc31)c1ccccc1-c1ccccc12. The van der Waals surface area contributed by atoms with Gasteiger partial charge in [0.2, 0.25) is 0 Å². The van der Waals surface area contributed by atoms with Crippen molar-refractivity contribution >= 4 is 5.78 Å². The maximum atomic E-state index is 12.8. The van der Waals surface area contributed by atoms with Gasteiger partial charge in [0.05, 0.1) is 12.0 Å². The van der Waals surface area contributed by atoms with Crippen molar-refractivity contribution in [2.24, 2.45) is 0 Å². The van der Waals surface area contributed by atoms with Crippen molar-refractivity contribution in [2.75, 3.05) is 0 Å². The first kappa shape index (κ1) is 12.7. The van der Waals surface area contributed by atoms with Crippen molar-refractivity contribution in [2.45, 2.75) is 12.0 Å². The number of Topliss-reactive ketones (excluding diaryl/α,β-unsaturated/α-hetero) is 1. The molecule has 3 aromatic carbocycles. The first-order chi connectivity index (χ1) is 11.3.